The molecule has 5 rings (SSSR count). The lowest BCUT2D eigenvalue weighted by molar-refractivity contribution is -0.137. The first-order valence-corrected chi connectivity index (χ1v) is 10.7. The number of ether oxygens (including phenoxy) is 3. The van der Waals surface area contributed by atoms with Crippen LogP contribution in [0.15, 0.2) is 78.5 Å². The van der Waals surface area contributed by atoms with Crippen LogP contribution in [-0.2, 0) is 16.1 Å². The molecule has 3 aromatic rings. The van der Waals surface area contributed by atoms with E-state index in [1.165, 1.54) is 4.90 Å². The SMILES string of the molecule is CCOc1ccccc1NC1=C(c2ccccc2)C(=O)N(Cc2ccc3c(c2)OCO3)C1=O. The minimum absolute atomic E-state index is 0.114. The summed E-state index contributed by atoms with van der Waals surface area (Å²) in [6.07, 6.45) is 0. The molecule has 0 fully saturated rings. The number of hydrogen-bond acceptors (Lipinski definition) is 6. The summed E-state index contributed by atoms with van der Waals surface area (Å²) in [6, 6.07) is 21.9. The Morgan fingerprint density at radius 3 is 2.48 bits per heavy atom. The van der Waals surface area contributed by atoms with Crippen LogP contribution in [-0.4, -0.2) is 30.1 Å². The monoisotopic (exact) mass is 442 g/mol. The Kier molecular flexibility index (Phi) is 5.44. The molecule has 0 aliphatic carbocycles. The Hall–Kier alpha value is -4.26. The zero-order chi connectivity index (χ0) is 22.8. The molecule has 0 radical (unpaired) electrons. The van der Waals surface area contributed by atoms with E-state index in [9.17, 15) is 9.59 Å². The summed E-state index contributed by atoms with van der Waals surface area (Å²) in [6.45, 7) is 2.64. The Balaban J connectivity index is 1.51. The maximum atomic E-state index is 13.5. The molecule has 7 nitrogen and oxygen atoms in total. The molecule has 7 heteroatoms. The number of carbonyl (C=O) groups is 2. The van der Waals surface area contributed by atoms with Gasteiger partial charge in [-0.1, -0.05) is 48.5 Å². The highest BCUT2D eigenvalue weighted by molar-refractivity contribution is 6.36. The summed E-state index contributed by atoms with van der Waals surface area (Å²) in [5, 5.41) is 3.18. The van der Waals surface area contributed by atoms with Gasteiger partial charge in [0, 0.05) is 0 Å². The molecule has 2 heterocycles. The number of carbonyl (C=O) groups excluding carboxylic acids is 2. The molecule has 3 aromatic carbocycles. The summed E-state index contributed by atoms with van der Waals surface area (Å²) in [4.78, 5) is 28.2. The van der Waals surface area contributed by atoms with Gasteiger partial charge in [-0.2, -0.15) is 0 Å². The lowest BCUT2D eigenvalue weighted by atomic mass is 10.0. The van der Waals surface area contributed by atoms with Crippen LogP contribution in [0.3, 0.4) is 0 Å². The lowest BCUT2D eigenvalue weighted by Gasteiger charge is -2.16. The van der Waals surface area contributed by atoms with Gasteiger partial charge in [0.05, 0.1) is 24.4 Å². The summed E-state index contributed by atoms with van der Waals surface area (Å²) < 4.78 is 16.5. The van der Waals surface area contributed by atoms with E-state index in [0.29, 0.717) is 40.7 Å². The molecule has 1 N–H and O–H groups in total. The van der Waals surface area contributed by atoms with Gasteiger partial charge in [0.1, 0.15) is 11.4 Å². The Morgan fingerprint density at radius 1 is 0.909 bits per heavy atom. The van der Waals surface area contributed by atoms with E-state index in [0.717, 1.165) is 5.56 Å². The molecule has 0 atom stereocenters. The molecule has 166 valence electrons. The van der Waals surface area contributed by atoms with E-state index in [1.807, 2.05) is 67.6 Å². The second kappa shape index (κ2) is 8.70. The molecule has 0 saturated heterocycles. The van der Waals surface area contributed by atoms with Crippen LogP contribution in [0.2, 0.25) is 0 Å². The van der Waals surface area contributed by atoms with Gasteiger partial charge < -0.3 is 19.5 Å². The Labute approximate surface area is 191 Å². The second-order valence-electron chi connectivity index (χ2n) is 7.55. The van der Waals surface area contributed by atoms with E-state index < -0.39 is 5.91 Å². The normalized spacial score (nSPS) is 14.8. The highest BCUT2D eigenvalue weighted by Gasteiger charge is 2.39. The lowest BCUT2D eigenvalue weighted by Crippen LogP contribution is -2.32. The van der Waals surface area contributed by atoms with Crippen LogP contribution in [0, 0.1) is 0 Å². The van der Waals surface area contributed by atoms with E-state index in [2.05, 4.69) is 5.32 Å². The first kappa shape index (κ1) is 20.6. The van der Waals surface area contributed by atoms with Crippen LogP contribution in [0.5, 0.6) is 17.2 Å². The highest BCUT2D eigenvalue weighted by Crippen LogP contribution is 2.36. The van der Waals surface area contributed by atoms with Crippen LogP contribution in [0.1, 0.15) is 18.1 Å². The highest BCUT2D eigenvalue weighted by atomic mass is 16.7. The van der Waals surface area contributed by atoms with Crippen molar-refractivity contribution in [3.05, 3.63) is 89.6 Å². The summed E-state index contributed by atoms with van der Waals surface area (Å²) in [7, 11) is 0. The molecular weight excluding hydrogens is 420 g/mol. The fraction of sp³-hybridized carbons (Fsp3) is 0.154. The largest absolute Gasteiger partial charge is 0.492 e. The van der Waals surface area contributed by atoms with Crippen molar-refractivity contribution in [1.82, 2.24) is 4.90 Å². The van der Waals surface area contributed by atoms with Crippen molar-refractivity contribution in [2.75, 3.05) is 18.7 Å². The van der Waals surface area contributed by atoms with Gasteiger partial charge in [-0.3, -0.25) is 14.5 Å². The quantitative estimate of drug-likeness (QED) is 0.553. The van der Waals surface area contributed by atoms with E-state index in [-0.39, 0.29) is 24.9 Å². The molecule has 2 amide bonds. The number of nitrogens with zero attached hydrogens (tertiary/aromatic N) is 1. The number of fused-ring (bicyclic) bond motifs is 1. The molecule has 2 aliphatic heterocycles. The zero-order valence-electron chi connectivity index (χ0n) is 18.0. The van der Waals surface area contributed by atoms with Crippen LogP contribution >= 0.6 is 0 Å². The maximum Gasteiger partial charge on any atom is 0.278 e. The molecule has 33 heavy (non-hydrogen) atoms. The molecule has 0 saturated carbocycles. The minimum Gasteiger partial charge on any atom is -0.492 e. The third-order valence-electron chi connectivity index (χ3n) is 5.45. The minimum atomic E-state index is -0.400. The van der Waals surface area contributed by atoms with Gasteiger partial charge in [0.15, 0.2) is 11.5 Å². The van der Waals surface area contributed by atoms with E-state index >= 15 is 0 Å². The molecule has 2 aliphatic rings. The van der Waals surface area contributed by atoms with Gasteiger partial charge >= 0.3 is 0 Å². The maximum absolute atomic E-state index is 13.5. The molecule has 0 unspecified atom stereocenters. The summed E-state index contributed by atoms with van der Waals surface area (Å²) in [5.74, 6) is 1.10. The number of para-hydroxylation sites is 2. The molecule has 0 bridgehead atoms. The van der Waals surface area contributed by atoms with Crippen molar-refractivity contribution >= 4 is 23.1 Å². The number of benzene rings is 3. The first-order chi connectivity index (χ1) is 16.2. The fourth-order valence-corrected chi connectivity index (χ4v) is 3.92. The number of anilines is 1. The van der Waals surface area contributed by atoms with Gasteiger partial charge in [-0.15, -0.1) is 0 Å². The smallest absolute Gasteiger partial charge is 0.278 e. The van der Waals surface area contributed by atoms with Crippen LogP contribution in [0.4, 0.5) is 5.69 Å². The Bertz CT molecular complexity index is 1250. The van der Waals surface area contributed by atoms with Crippen molar-refractivity contribution in [1.29, 1.82) is 0 Å². The van der Waals surface area contributed by atoms with Crippen molar-refractivity contribution in [2.45, 2.75) is 13.5 Å². The number of rotatable bonds is 7. The average molecular weight is 442 g/mol. The fourth-order valence-electron chi connectivity index (χ4n) is 3.92. The summed E-state index contributed by atoms with van der Waals surface area (Å²) in [5.41, 5.74) is 2.60. The van der Waals surface area contributed by atoms with Gasteiger partial charge in [-0.05, 0) is 42.3 Å². The Morgan fingerprint density at radius 2 is 1.67 bits per heavy atom. The van der Waals surface area contributed by atoms with E-state index in [1.54, 1.807) is 12.1 Å². The van der Waals surface area contributed by atoms with Crippen LogP contribution in [0.25, 0.3) is 5.57 Å². The predicted molar refractivity (Wildman–Crippen MR) is 123 cm³/mol. The second-order valence-corrected chi connectivity index (χ2v) is 7.55. The van der Waals surface area contributed by atoms with E-state index in [4.69, 9.17) is 14.2 Å². The summed E-state index contributed by atoms with van der Waals surface area (Å²) >= 11 is 0. The number of imide groups is 1. The van der Waals surface area contributed by atoms with Crippen molar-refractivity contribution in [2.24, 2.45) is 0 Å². The van der Waals surface area contributed by atoms with Gasteiger partial charge in [-0.25, -0.2) is 0 Å². The average Bonchev–Trinajstić information content (AvgIpc) is 3.39. The molecule has 0 aromatic heterocycles. The standard InChI is InChI=1S/C26H22N2O5/c1-2-31-20-11-7-6-10-19(20)27-24-23(18-8-4-3-5-9-18)25(29)28(26(24)30)15-17-12-13-21-22(14-17)33-16-32-21/h3-14,27H,2,15-16H2,1H3. The molecule has 0 spiro atoms. The predicted octanol–water partition coefficient (Wildman–Crippen LogP) is 4.21. The van der Waals surface area contributed by atoms with Gasteiger partial charge in [0.25, 0.3) is 11.8 Å². The number of nitrogens with one attached hydrogen (secondary N) is 1. The first-order valence-electron chi connectivity index (χ1n) is 10.7. The number of amides is 2. The van der Waals surface area contributed by atoms with Gasteiger partial charge in [0.2, 0.25) is 6.79 Å². The number of hydrogen-bond donors (Lipinski definition) is 1. The third-order valence-corrected chi connectivity index (χ3v) is 5.45. The van der Waals surface area contributed by atoms with Crippen LogP contribution < -0.4 is 19.5 Å². The topological polar surface area (TPSA) is 77.1 Å². The zero-order valence-corrected chi connectivity index (χ0v) is 18.0. The van der Waals surface area contributed by atoms with Crippen molar-refractivity contribution < 1.29 is 23.8 Å². The third kappa shape index (κ3) is 3.89. The van der Waals surface area contributed by atoms with Crippen molar-refractivity contribution in [3.8, 4) is 17.2 Å². The molecular formula is C26H22N2O5. The van der Waals surface area contributed by atoms with Crippen molar-refractivity contribution in [3.63, 3.8) is 0 Å².